The molecule has 0 fully saturated rings. The second-order valence-electron chi connectivity index (χ2n) is 5.44. The molecule has 0 unspecified atom stereocenters. The highest BCUT2D eigenvalue weighted by molar-refractivity contribution is 7.17. The Labute approximate surface area is 144 Å². The van der Waals surface area contributed by atoms with Crippen LogP contribution in [0.25, 0.3) is 10.2 Å². The number of hydrogen-bond acceptors (Lipinski definition) is 7. The maximum atomic E-state index is 6.02. The van der Waals surface area contributed by atoms with Crippen LogP contribution in [-0.4, -0.2) is 30.2 Å². The average molecular weight is 345 g/mol. The molecule has 0 atom stereocenters. The molecule has 0 radical (unpaired) electrons. The van der Waals surface area contributed by atoms with E-state index in [0.717, 1.165) is 10.2 Å². The smallest absolute Gasteiger partial charge is 0.242 e. The fraction of sp³-hybridized carbons (Fsp3) is 0.294. The second-order valence-corrected chi connectivity index (χ2v) is 6.35. The Hall–Kier alpha value is -2.54. The van der Waals surface area contributed by atoms with Crippen LogP contribution in [0.2, 0.25) is 0 Å². The number of rotatable bonds is 6. The number of thiophene rings is 1. The zero-order chi connectivity index (χ0) is 17.1. The first-order valence-corrected chi connectivity index (χ1v) is 8.39. The van der Waals surface area contributed by atoms with E-state index in [4.69, 9.17) is 14.2 Å². The van der Waals surface area contributed by atoms with Crippen LogP contribution in [0.15, 0.2) is 29.6 Å². The van der Waals surface area contributed by atoms with Gasteiger partial charge in [0.1, 0.15) is 21.9 Å². The SMILES string of the molecule is COc1cc(OC)cc(Oc2nc(NC(C)C)nc3ccsc23)c1. The molecule has 0 bridgehead atoms. The molecule has 0 saturated heterocycles. The maximum absolute atomic E-state index is 6.02. The molecule has 126 valence electrons. The van der Waals surface area contributed by atoms with Gasteiger partial charge >= 0.3 is 0 Å². The summed E-state index contributed by atoms with van der Waals surface area (Å²) in [7, 11) is 3.21. The molecule has 0 amide bonds. The van der Waals surface area contributed by atoms with E-state index in [9.17, 15) is 0 Å². The quantitative estimate of drug-likeness (QED) is 0.718. The number of methoxy groups -OCH3 is 2. The minimum Gasteiger partial charge on any atom is -0.496 e. The van der Waals surface area contributed by atoms with Gasteiger partial charge in [-0.1, -0.05) is 0 Å². The minimum atomic E-state index is 0.228. The number of anilines is 1. The van der Waals surface area contributed by atoms with Crippen molar-refractivity contribution in [1.29, 1.82) is 0 Å². The molecule has 0 spiro atoms. The number of ether oxygens (including phenoxy) is 3. The lowest BCUT2D eigenvalue weighted by Gasteiger charge is -2.12. The molecule has 2 heterocycles. The number of aromatic nitrogens is 2. The van der Waals surface area contributed by atoms with Crippen LogP contribution in [0.1, 0.15) is 13.8 Å². The molecule has 0 aliphatic rings. The van der Waals surface area contributed by atoms with Crippen LogP contribution in [0, 0.1) is 0 Å². The summed E-state index contributed by atoms with van der Waals surface area (Å²) >= 11 is 1.54. The van der Waals surface area contributed by atoms with Crippen molar-refractivity contribution in [2.45, 2.75) is 19.9 Å². The van der Waals surface area contributed by atoms with Gasteiger partial charge in [0.05, 0.1) is 19.7 Å². The molecular weight excluding hydrogens is 326 g/mol. The van der Waals surface area contributed by atoms with E-state index in [1.807, 2.05) is 25.3 Å². The summed E-state index contributed by atoms with van der Waals surface area (Å²) < 4.78 is 17.5. The summed E-state index contributed by atoms with van der Waals surface area (Å²) in [5.74, 6) is 2.95. The van der Waals surface area contributed by atoms with Gasteiger partial charge in [-0.2, -0.15) is 4.98 Å². The summed E-state index contributed by atoms with van der Waals surface area (Å²) in [5, 5.41) is 5.18. The van der Waals surface area contributed by atoms with E-state index in [1.165, 1.54) is 0 Å². The van der Waals surface area contributed by atoms with Crippen molar-refractivity contribution in [3.05, 3.63) is 29.6 Å². The molecule has 6 nitrogen and oxygen atoms in total. The number of fused-ring (bicyclic) bond motifs is 1. The van der Waals surface area contributed by atoms with Crippen LogP contribution >= 0.6 is 11.3 Å². The Kier molecular flexibility index (Phi) is 4.71. The molecule has 1 aromatic carbocycles. The monoisotopic (exact) mass is 345 g/mol. The fourth-order valence-corrected chi connectivity index (χ4v) is 2.94. The third-order valence-corrected chi connectivity index (χ3v) is 4.12. The van der Waals surface area contributed by atoms with Crippen molar-refractivity contribution in [1.82, 2.24) is 9.97 Å². The Morgan fingerprint density at radius 1 is 1.00 bits per heavy atom. The molecule has 0 aliphatic carbocycles. The highest BCUT2D eigenvalue weighted by Crippen LogP contribution is 2.35. The van der Waals surface area contributed by atoms with E-state index in [-0.39, 0.29) is 6.04 Å². The Morgan fingerprint density at radius 2 is 1.67 bits per heavy atom. The number of nitrogens with one attached hydrogen (secondary N) is 1. The molecule has 24 heavy (non-hydrogen) atoms. The van der Waals surface area contributed by atoms with Crippen molar-refractivity contribution < 1.29 is 14.2 Å². The van der Waals surface area contributed by atoms with Gasteiger partial charge in [0.25, 0.3) is 0 Å². The van der Waals surface area contributed by atoms with Crippen LogP contribution in [0.5, 0.6) is 23.1 Å². The maximum Gasteiger partial charge on any atom is 0.242 e. The summed E-state index contributed by atoms with van der Waals surface area (Å²) in [6.07, 6.45) is 0. The van der Waals surface area contributed by atoms with E-state index >= 15 is 0 Å². The second kappa shape index (κ2) is 6.92. The van der Waals surface area contributed by atoms with E-state index < -0.39 is 0 Å². The predicted molar refractivity (Wildman–Crippen MR) is 95.8 cm³/mol. The summed E-state index contributed by atoms with van der Waals surface area (Å²) in [6.45, 7) is 4.07. The van der Waals surface area contributed by atoms with Gasteiger partial charge in [-0.05, 0) is 25.3 Å². The molecular formula is C17H19N3O3S. The molecule has 7 heteroatoms. The lowest BCUT2D eigenvalue weighted by molar-refractivity contribution is 0.385. The highest BCUT2D eigenvalue weighted by atomic mass is 32.1. The third-order valence-electron chi connectivity index (χ3n) is 3.23. The number of hydrogen-bond donors (Lipinski definition) is 1. The number of benzene rings is 1. The normalized spacial score (nSPS) is 10.9. The van der Waals surface area contributed by atoms with Gasteiger partial charge in [0.15, 0.2) is 0 Å². The predicted octanol–water partition coefficient (Wildman–Crippen LogP) is 4.32. The van der Waals surface area contributed by atoms with E-state index in [1.54, 1.807) is 43.8 Å². The summed E-state index contributed by atoms with van der Waals surface area (Å²) in [4.78, 5) is 9.01. The standard InChI is InChI=1S/C17H19N3O3S/c1-10(2)18-17-19-14-5-6-24-15(14)16(20-17)23-13-8-11(21-3)7-12(9-13)22-4/h5-10H,1-4H3,(H,18,19,20). The van der Waals surface area contributed by atoms with Crippen LogP contribution in [-0.2, 0) is 0 Å². The summed E-state index contributed by atoms with van der Waals surface area (Å²) in [5.41, 5.74) is 0.850. The van der Waals surface area contributed by atoms with E-state index in [2.05, 4.69) is 15.3 Å². The van der Waals surface area contributed by atoms with Crippen molar-refractivity contribution in [3.63, 3.8) is 0 Å². The Balaban J connectivity index is 2.01. The lowest BCUT2D eigenvalue weighted by Crippen LogP contribution is -2.12. The largest absolute Gasteiger partial charge is 0.496 e. The first-order chi connectivity index (χ1) is 11.6. The Bertz CT molecular complexity index is 826. The minimum absolute atomic E-state index is 0.228. The number of nitrogens with zero attached hydrogens (tertiary/aromatic N) is 2. The first kappa shape index (κ1) is 16.3. The Morgan fingerprint density at radius 3 is 2.29 bits per heavy atom. The van der Waals surface area contributed by atoms with Gasteiger partial charge < -0.3 is 19.5 Å². The van der Waals surface area contributed by atoms with Crippen molar-refractivity contribution in [3.8, 4) is 23.1 Å². The molecule has 3 rings (SSSR count). The van der Waals surface area contributed by atoms with Crippen molar-refractivity contribution in [2.24, 2.45) is 0 Å². The molecule has 2 aromatic heterocycles. The van der Waals surface area contributed by atoms with Gasteiger partial charge in [-0.3, -0.25) is 0 Å². The van der Waals surface area contributed by atoms with E-state index in [0.29, 0.717) is 29.1 Å². The average Bonchev–Trinajstić information content (AvgIpc) is 3.02. The van der Waals surface area contributed by atoms with Crippen molar-refractivity contribution >= 4 is 27.5 Å². The molecule has 1 N–H and O–H groups in total. The molecule has 3 aromatic rings. The lowest BCUT2D eigenvalue weighted by atomic mass is 10.3. The first-order valence-electron chi connectivity index (χ1n) is 7.51. The van der Waals surface area contributed by atoms with Gasteiger partial charge in [-0.15, -0.1) is 11.3 Å². The zero-order valence-corrected chi connectivity index (χ0v) is 14.8. The summed E-state index contributed by atoms with van der Waals surface area (Å²) in [6, 6.07) is 7.55. The van der Waals surface area contributed by atoms with Gasteiger partial charge in [0, 0.05) is 24.2 Å². The van der Waals surface area contributed by atoms with Crippen LogP contribution in [0.4, 0.5) is 5.95 Å². The highest BCUT2D eigenvalue weighted by Gasteiger charge is 2.13. The zero-order valence-electron chi connectivity index (χ0n) is 14.0. The van der Waals surface area contributed by atoms with Gasteiger partial charge in [-0.25, -0.2) is 4.98 Å². The van der Waals surface area contributed by atoms with Crippen molar-refractivity contribution in [2.75, 3.05) is 19.5 Å². The third kappa shape index (κ3) is 3.51. The van der Waals surface area contributed by atoms with Crippen LogP contribution in [0.3, 0.4) is 0 Å². The van der Waals surface area contributed by atoms with Gasteiger partial charge in [0.2, 0.25) is 11.8 Å². The fourth-order valence-electron chi connectivity index (χ4n) is 2.18. The topological polar surface area (TPSA) is 65.5 Å². The van der Waals surface area contributed by atoms with Crippen LogP contribution < -0.4 is 19.5 Å². The molecule has 0 saturated carbocycles. The molecule has 0 aliphatic heterocycles.